The van der Waals surface area contributed by atoms with Crippen LogP contribution in [-0.4, -0.2) is 42.7 Å². The zero-order valence-corrected chi connectivity index (χ0v) is 9.91. The number of hydrogen-bond acceptors (Lipinski definition) is 3. The van der Waals surface area contributed by atoms with Crippen molar-refractivity contribution in [3.05, 3.63) is 0 Å². The number of rotatable bonds is 5. The number of alkyl halides is 2. The van der Waals surface area contributed by atoms with Gasteiger partial charge in [0, 0.05) is 31.4 Å². The molecule has 0 bridgehead atoms. The summed E-state index contributed by atoms with van der Waals surface area (Å²) in [4.78, 5) is 0. The minimum atomic E-state index is -0.632. The van der Waals surface area contributed by atoms with Gasteiger partial charge in [-0.1, -0.05) is 0 Å². The highest BCUT2D eigenvalue weighted by Crippen LogP contribution is 2.38. The summed E-state index contributed by atoms with van der Waals surface area (Å²) in [6.45, 7) is 3.56. The third-order valence-electron chi connectivity index (χ3n) is 1.72. The van der Waals surface area contributed by atoms with Gasteiger partial charge in [0.05, 0.1) is 6.61 Å². The predicted molar refractivity (Wildman–Crippen MR) is 58.5 cm³/mol. The van der Waals surface area contributed by atoms with Crippen LogP contribution in [0.4, 0.5) is 0 Å². The SMILES string of the molecule is ClCCN(CCCl)P1NCCCO1. The van der Waals surface area contributed by atoms with Gasteiger partial charge in [-0.3, -0.25) is 5.09 Å². The molecule has 1 aliphatic rings. The summed E-state index contributed by atoms with van der Waals surface area (Å²) in [5.41, 5.74) is 0. The van der Waals surface area contributed by atoms with Crippen molar-refractivity contribution in [3.63, 3.8) is 0 Å². The van der Waals surface area contributed by atoms with Crippen LogP contribution in [0, 0.1) is 0 Å². The average Bonchev–Trinajstić information content (AvgIpc) is 2.19. The van der Waals surface area contributed by atoms with Crippen LogP contribution >= 0.6 is 31.7 Å². The Morgan fingerprint density at radius 1 is 1.31 bits per heavy atom. The summed E-state index contributed by atoms with van der Waals surface area (Å²) >= 11 is 11.4. The van der Waals surface area contributed by atoms with Gasteiger partial charge in [-0.2, -0.15) is 0 Å². The first kappa shape index (κ1) is 12.0. The van der Waals surface area contributed by atoms with E-state index >= 15 is 0 Å². The number of nitrogens with zero attached hydrogens (tertiary/aromatic N) is 1. The second-order valence-electron chi connectivity index (χ2n) is 2.70. The number of nitrogens with one attached hydrogen (secondary N) is 1. The van der Waals surface area contributed by atoms with E-state index in [4.69, 9.17) is 27.7 Å². The van der Waals surface area contributed by atoms with Crippen LogP contribution in [0.25, 0.3) is 0 Å². The van der Waals surface area contributed by atoms with Crippen molar-refractivity contribution in [2.45, 2.75) is 6.42 Å². The van der Waals surface area contributed by atoms with Crippen LogP contribution in [0.2, 0.25) is 0 Å². The molecule has 0 aromatic heterocycles. The zero-order valence-electron chi connectivity index (χ0n) is 7.51. The Morgan fingerprint density at radius 3 is 2.46 bits per heavy atom. The van der Waals surface area contributed by atoms with Gasteiger partial charge in [0.25, 0.3) is 0 Å². The van der Waals surface area contributed by atoms with Crippen molar-refractivity contribution in [2.75, 3.05) is 38.0 Å². The van der Waals surface area contributed by atoms with E-state index in [0.717, 1.165) is 32.7 Å². The molecule has 0 amide bonds. The summed E-state index contributed by atoms with van der Waals surface area (Å²) in [7, 11) is -0.632. The maximum absolute atomic E-state index is 5.69. The van der Waals surface area contributed by atoms with E-state index in [1.807, 2.05) is 0 Å². The van der Waals surface area contributed by atoms with Crippen molar-refractivity contribution < 1.29 is 4.52 Å². The number of halogens is 2. The van der Waals surface area contributed by atoms with Crippen LogP contribution in [-0.2, 0) is 4.52 Å². The van der Waals surface area contributed by atoms with Gasteiger partial charge in [-0.15, -0.1) is 23.2 Å². The molecule has 0 spiro atoms. The lowest BCUT2D eigenvalue weighted by Crippen LogP contribution is -2.32. The summed E-state index contributed by atoms with van der Waals surface area (Å²) in [5, 5.41) is 3.34. The van der Waals surface area contributed by atoms with Crippen LogP contribution < -0.4 is 5.09 Å². The van der Waals surface area contributed by atoms with E-state index in [2.05, 4.69) is 9.76 Å². The second kappa shape index (κ2) is 7.22. The first-order valence-corrected chi connectivity index (χ1v) is 6.70. The van der Waals surface area contributed by atoms with E-state index in [9.17, 15) is 0 Å². The molecule has 0 aromatic rings. The molecule has 1 saturated heterocycles. The second-order valence-corrected chi connectivity index (χ2v) is 5.14. The minimum absolute atomic E-state index is 0.626. The fourth-order valence-electron chi connectivity index (χ4n) is 1.11. The van der Waals surface area contributed by atoms with E-state index < -0.39 is 8.45 Å². The number of hydrogen-bond donors (Lipinski definition) is 1. The fourth-order valence-corrected chi connectivity index (χ4v) is 3.43. The molecule has 78 valence electrons. The zero-order chi connectivity index (χ0) is 9.52. The molecule has 1 unspecified atom stereocenters. The Kier molecular flexibility index (Phi) is 6.64. The lowest BCUT2D eigenvalue weighted by atomic mass is 10.5. The standard InChI is InChI=1S/C7H15Cl2N2OP/c8-2-5-11(6-3-9)13-10-4-1-7-12-13/h10H,1-7H2. The highest BCUT2D eigenvalue weighted by Gasteiger charge is 2.20. The maximum Gasteiger partial charge on any atom is 0.185 e. The normalized spacial score (nSPS) is 23.8. The summed E-state index contributed by atoms with van der Waals surface area (Å²) in [5.74, 6) is 1.25. The van der Waals surface area contributed by atoms with Gasteiger partial charge in [-0.25, -0.2) is 4.67 Å². The predicted octanol–water partition coefficient (Wildman–Crippen LogP) is 2.00. The minimum Gasteiger partial charge on any atom is -0.331 e. The largest absolute Gasteiger partial charge is 0.331 e. The van der Waals surface area contributed by atoms with Crippen LogP contribution in [0.5, 0.6) is 0 Å². The van der Waals surface area contributed by atoms with Gasteiger partial charge in [0.1, 0.15) is 0 Å². The van der Waals surface area contributed by atoms with E-state index in [-0.39, 0.29) is 0 Å². The first-order valence-electron chi connectivity index (χ1n) is 4.42. The van der Waals surface area contributed by atoms with Crippen LogP contribution in [0.1, 0.15) is 6.42 Å². The molecule has 1 fully saturated rings. The molecule has 1 aliphatic heterocycles. The van der Waals surface area contributed by atoms with E-state index in [1.165, 1.54) is 0 Å². The first-order chi connectivity index (χ1) is 6.38. The third-order valence-corrected chi connectivity index (χ3v) is 3.90. The van der Waals surface area contributed by atoms with Crippen molar-refractivity contribution >= 4 is 31.7 Å². The highest BCUT2D eigenvalue weighted by molar-refractivity contribution is 7.47. The topological polar surface area (TPSA) is 24.5 Å². The molecule has 13 heavy (non-hydrogen) atoms. The smallest absolute Gasteiger partial charge is 0.185 e. The molecule has 1 rings (SSSR count). The maximum atomic E-state index is 5.69. The van der Waals surface area contributed by atoms with Gasteiger partial charge in [0.15, 0.2) is 8.45 Å². The van der Waals surface area contributed by atoms with E-state index in [1.54, 1.807) is 0 Å². The molecular weight excluding hydrogens is 230 g/mol. The van der Waals surface area contributed by atoms with Crippen molar-refractivity contribution in [2.24, 2.45) is 0 Å². The summed E-state index contributed by atoms with van der Waals surface area (Å²) in [6, 6.07) is 0. The molecule has 1 N–H and O–H groups in total. The van der Waals surface area contributed by atoms with Crippen LogP contribution in [0.3, 0.4) is 0 Å². The molecule has 0 aromatic carbocycles. The molecule has 0 radical (unpaired) electrons. The van der Waals surface area contributed by atoms with Crippen molar-refractivity contribution in [1.82, 2.24) is 9.76 Å². The Hall–Kier alpha value is 0.890. The highest BCUT2D eigenvalue weighted by atomic mass is 35.5. The Balaban J connectivity index is 2.32. The fraction of sp³-hybridized carbons (Fsp3) is 1.00. The molecule has 1 heterocycles. The quantitative estimate of drug-likeness (QED) is 0.592. The van der Waals surface area contributed by atoms with Gasteiger partial charge < -0.3 is 4.52 Å². The lowest BCUT2D eigenvalue weighted by molar-refractivity contribution is 0.278. The molecule has 0 saturated carbocycles. The average molecular weight is 245 g/mol. The summed E-state index contributed by atoms with van der Waals surface area (Å²) in [6.07, 6.45) is 1.09. The molecule has 3 nitrogen and oxygen atoms in total. The van der Waals surface area contributed by atoms with Crippen LogP contribution in [0.15, 0.2) is 0 Å². The van der Waals surface area contributed by atoms with Gasteiger partial charge >= 0.3 is 0 Å². The lowest BCUT2D eigenvalue weighted by Gasteiger charge is -2.32. The summed E-state index contributed by atoms with van der Waals surface area (Å²) < 4.78 is 7.80. The van der Waals surface area contributed by atoms with Crippen molar-refractivity contribution in [1.29, 1.82) is 0 Å². The van der Waals surface area contributed by atoms with Gasteiger partial charge in [0.2, 0.25) is 0 Å². The molecular formula is C7H15Cl2N2OP. The van der Waals surface area contributed by atoms with Gasteiger partial charge in [-0.05, 0) is 6.42 Å². The Morgan fingerprint density at radius 2 is 2.00 bits per heavy atom. The third kappa shape index (κ3) is 4.28. The van der Waals surface area contributed by atoms with Crippen molar-refractivity contribution in [3.8, 4) is 0 Å². The molecule has 6 heteroatoms. The molecule has 1 atom stereocenters. The Bertz CT molecular complexity index is 130. The van der Waals surface area contributed by atoms with E-state index in [0.29, 0.717) is 11.8 Å². The monoisotopic (exact) mass is 244 g/mol. The Labute approximate surface area is 90.7 Å². The molecule has 0 aliphatic carbocycles.